The van der Waals surface area contributed by atoms with E-state index in [0.717, 1.165) is 51.1 Å². The van der Waals surface area contributed by atoms with Crippen molar-refractivity contribution >= 4 is 0 Å². The van der Waals surface area contributed by atoms with Crippen molar-refractivity contribution in [1.82, 2.24) is 15.0 Å². The van der Waals surface area contributed by atoms with Gasteiger partial charge < -0.3 is 0 Å². The Morgan fingerprint density at radius 2 is 1.00 bits per heavy atom. The van der Waals surface area contributed by atoms with Gasteiger partial charge >= 0.3 is 0 Å². The minimum Gasteiger partial charge on any atom is -0.208 e. The molecule has 0 spiro atoms. The van der Waals surface area contributed by atoms with E-state index < -0.39 is 0 Å². The molecule has 1 heterocycles. The van der Waals surface area contributed by atoms with Crippen LogP contribution in [0.15, 0.2) is 127 Å². The molecular weight excluding hydrogens is 585 g/mol. The van der Waals surface area contributed by atoms with E-state index in [1.54, 1.807) is 0 Å². The Morgan fingerprint density at radius 3 is 1.56 bits per heavy atom. The predicted octanol–water partition coefficient (Wildman–Crippen LogP) is 10.5. The second-order valence-corrected chi connectivity index (χ2v) is 14.2. The summed E-state index contributed by atoms with van der Waals surface area (Å²) in [6.45, 7) is 0. The number of benzene rings is 5. The van der Waals surface area contributed by atoms with Gasteiger partial charge in [-0.25, -0.2) is 15.0 Å². The molecule has 4 fully saturated rings. The van der Waals surface area contributed by atoms with Gasteiger partial charge in [-0.1, -0.05) is 109 Å². The van der Waals surface area contributed by atoms with Crippen LogP contribution in [0, 0.1) is 29.1 Å². The molecule has 0 amide bonds. The highest BCUT2D eigenvalue weighted by atomic mass is 15.0. The Morgan fingerprint density at radius 1 is 0.479 bits per heavy atom. The molecule has 4 aliphatic carbocycles. The molecule has 5 aromatic carbocycles. The van der Waals surface area contributed by atoms with Crippen LogP contribution in [0.1, 0.15) is 49.7 Å². The van der Waals surface area contributed by atoms with Crippen LogP contribution in [0.5, 0.6) is 0 Å². The van der Waals surface area contributed by atoms with Crippen LogP contribution in [0.3, 0.4) is 0 Å². The Bertz CT molecular complexity index is 2070. The number of hydrogen-bond acceptors (Lipinski definition) is 4. The third-order valence-corrected chi connectivity index (χ3v) is 11.2. The number of rotatable bonds is 6. The van der Waals surface area contributed by atoms with E-state index in [-0.39, 0.29) is 0 Å². The van der Waals surface area contributed by atoms with Crippen LogP contribution >= 0.6 is 0 Å². The van der Waals surface area contributed by atoms with Gasteiger partial charge in [0.25, 0.3) is 0 Å². The van der Waals surface area contributed by atoms with Crippen molar-refractivity contribution < 1.29 is 0 Å². The number of hydrogen-bond donors (Lipinski definition) is 0. The molecule has 0 saturated heterocycles. The van der Waals surface area contributed by atoms with E-state index in [1.165, 1.54) is 49.7 Å². The van der Waals surface area contributed by atoms with E-state index >= 15 is 0 Å². The second-order valence-electron chi connectivity index (χ2n) is 14.2. The van der Waals surface area contributed by atoms with Crippen LogP contribution in [0.2, 0.25) is 0 Å². The Hall–Kier alpha value is -5.40. The quantitative estimate of drug-likeness (QED) is 0.186. The van der Waals surface area contributed by atoms with Gasteiger partial charge in [0.05, 0.1) is 11.6 Å². The van der Waals surface area contributed by atoms with Gasteiger partial charge in [-0.3, -0.25) is 0 Å². The summed E-state index contributed by atoms with van der Waals surface area (Å²) in [6.07, 6.45) is 8.45. The maximum Gasteiger partial charge on any atom is 0.164 e. The monoisotopic (exact) mass is 620 g/mol. The topological polar surface area (TPSA) is 62.5 Å². The first-order chi connectivity index (χ1) is 23.6. The third kappa shape index (κ3) is 5.11. The molecular formula is C44H36N4. The Balaban J connectivity index is 1.16. The molecule has 4 nitrogen and oxygen atoms in total. The van der Waals surface area contributed by atoms with Gasteiger partial charge in [0.2, 0.25) is 0 Å². The fourth-order valence-corrected chi connectivity index (χ4v) is 9.40. The van der Waals surface area contributed by atoms with Gasteiger partial charge in [0.15, 0.2) is 17.5 Å². The molecule has 232 valence electrons. The first-order valence-corrected chi connectivity index (χ1v) is 17.3. The Labute approximate surface area is 282 Å². The standard InChI is InChI=1S/C44H36N4/c45-28-29-15-20-39(43-47-41(34-9-3-1-4-10-34)46-42(48-43)35-11-5-2-6-12-35)40(24-29)38-14-8-7-13-37(38)33-16-18-36(19-17-33)44-25-30-21-31(26-44)23-32(22-30)27-44/h1-20,24,30-32H,21-23,25-27H2/t30-,31+,32?,44?. The van der Waals surface area contributed by atoms with E-state index in [0.29, 0.717) is 28.5 Å². The highest BCUT2D eigenvalue weighted by Gasteiger charge is 2.51. The summed E-state index contributed by atoms with van der Waals surface area (Å²) >= 11 is 0. The lowest BCUT2D eigenvalue weighted by Crippen LogP contribution is -2.48. The molecule has 48 heavy (non-hydrogen) atoms. The fourth-order valence-electron chi connectivity index (χ4n) is 9.40. The van der Waals surface area contributed by atoms with Crippen LogP contribution in [0.4, 0.5) is 0 Å². The van der Waals surface area contributed by atoms with Crippen LogP contribution in [-0.2, 0) is 5.41 Å². The van der Waals surface area contributed by atoms with E-state index in [1.807, 2.05) is 78.9 Å². The van der Waals surface area contributed by atoms with Crippen LogP contribution in [0.25, 0.3) is 56.4 Å². The van der Waals surface area contributed by atoms with Crippen molar-refractivity contribution in [1.29, 1.82) is 5.26 Å². The van der Waals surface area contributed by atoms with E-state index in [9.17, 15) is 5.26 Å². The average Bonchev–Trinajstić information content (AvgIpc) is 3.14. The largest absolute Gasteiger partial charge is 0.208 e. The summed E-state index contributed by atoms with van der Waals surface area (Å²) in [4.78, 5) is 15.0. The second kappa shape index (κ2) is 11.7. The lowest BCUT2D eigenvalue weighted by molar-refractivity contribution is -0.00518. The third-order valence-electron chi connectivity index (χ3n) is 11.2. The summed E-state index contributed by atoms with van der Waals surface area (Å²) in [5.41, 5.74) is 9.50. The maximum atomic E-state index is 10.00. The van der Waals surface area contributed by atoms with Gasteiger partial charge in [-0.05, 0) is 108 Å². The molecule has 4 aliphatic rings. The first kappa shape index (κ1) is 28.8. The first-order valence-electron chi connectivity index (χ1n) is 17.3. The molecule has 0 atom stereocenters. The molecule has 10 rings (SSSR count). The maximum absolute atomic E-state index is 10.00. The zero-order valence-corrected chi connectivity index (χ0v) is 26.9. The van der Waals surface area contributed by atoms with Gasteiger partial charge in [-0.15, -0.1) is 0 Å². The number of nitrogens with zero attached hydrogens (tertiary/aromatic N) is 4. The summed E-state index contributed by atoms with van der Waals surface area (Å²) < 4.78 is 0. The van der Waals surface area contributed by atoms with Crippen molar-refractivity contribution in [2.45, 2.75) is 43.9 Å². The molecule has 6 aromatic rings. The van der Waals surface area contributed by atoms with Crippen molar-refractivity contribution in [2.75, 3.05) is 0 Å². The van der Waals surface area contributed by atoms with Crippen molar-refractivity contribution in [3.63, 3.8) is 0 Å². The lowest BCUT2D eigenvalue weighted by Gasteiger charge is -2.57. The van der Waals surface area contributed by atoms with E-state index in [2.05, 4.69) is 54.6 Å². The minimum atomic E-state index is 0.368. The summed E-state index contributed by atoms with van der Waals surface area (Å²) in [5, 5.41) is 10.00. The SMILES string of the molecule is N#Cc1ccc(-c2nc(-c3ccccc3)nc(-c3ccccc3)n2)c(-c2ccccc2-c2ccc(C34CC5C[C@H](C3)C[C@@H](C5)C4)cc2)c1. The fraction of sp³-hybridized carbons (Fsp3) is 0.227. The zero-order chi connectivity index (χ0) is 32.1. The van der Waals surface area contributed by atoms with Crippen molar-refractivity contribution in [3.05, 3.63) is 139 Å². The number of nitriles is 1. The van der Waals surface area contributed by atoms with Gasteiger partial charge in [0, 0.05) is 16.7 Å². The average molecular weight is 621 g/mol. The van der Waals surface area contributed by atoms with Crippen molar-refractivity contribution in [3.8, 4) is 62.5 Å². The summed E-state index contributed by atoms with van der Waals surface area (Å²) in [7, 11) is 0. The number of aromatic nitrogens is 3. The molecule has 4 saturated carbocycles. The van der Waals surface area contributed by atoms with E-state index in [4.69, 9.17) is 15.0 Å². The molecule has 0 N–H and O–H groups in total. The van der Waals surface area contributed by atoms with Gasteiger partial charge in [-0.2, -0.15) is 5.26 Å². The van der Waals surface area contributed by atoms with Gasteiger partial charge in [0.1, 0.15) is 0 Å². The van der Waals surface area contributed by atoms with Crippen molar-refractivity contribution in [2.24, 2.45) is 17.8 Å². The smallest absolute Gasteiger partial charge is 0.164 e. The van der Waals surface area contributed by atoms with Crippen LogP contribution < -0.4 is 0 Å². The van der Waals surface area contributed by atoms with Crippen LogP contribution in [-0.4, -0.2) is 15.0 Å². The molecule has 0 unspecified atom stereocenters. The molecule has 0 radical (unpaired) electrons. The minimum absolute atomic E-state index is 0.368. The normalized spacial score (nSPS) is 22.4. The molecule has 4 heteroatoms. The predicted molar refractivity (Wildman–Crippen MR) is 192 cm³/mol. The zero-order valence-electron chi connectivity index (χ0n) is 26.9. The highest BCUT2D eigenvalue weighted by molar-refractivity contribution is 5.91. The lowest BCUT2D eigenvalue weighted by atomic mass is 9.48. The molecule has 1 aromatic heterocycles. The molecule has 0 aliphatic heterocycles. The molecule has 4 bridgehead atoms. The summed E-state index contributed by atoms with van der Waals surface area (Å²) in [5.74, 6) is 4.56. The summed E-state index contributed by atoms with van der Waals surface area (Å²) in [6, 6.07) is 46.3. The highest BCUT2D eigenvalue weighted by Crippen LogP contribution is 2.60. The Kier molecular flexibility index (Phi) is 7.01.